The number of H-pyrrole nitrogens is 1. The molecule has 1 atom stereocenters. The van der Waals surface area contributed by atoms with E-state index in [1.807, 2.05) is 17.1 Å². The Morgan fingerprint density at radius 1 is 1.23 bits per heavy atom. The highest BCUT2D eigenvalue weighted by Crippen LogP contribution is 2.16. The minimum absolute atomic E-state index is 0.212. The Bertz CT molecular complexity index is 902. The number of carbonyl (C=O) groups is 2. The second kappa shape index (κ2) is 8.65. The van der Waals surface area contributed by atoms with Crippen LogP contribution in [0.1, 0.15) is 12.5 Å². The summed E-state index contributed by atoms with van der Waals surface area (Å²) in [4.78, 5) is 48.5. The molecule has 0 aliphatic carbocycles. The van der Waals surface area contributed by atoms with Gasteiger partial charge >= 0.3 is 11.7 Å². The van der Waals surface area contributed by atoms with Gasteiger partial charge in [0.1, 0.15) is 12.3 Å². The molecule has 0 spiro atoms. The number of methoxy groups -OCH3 is 1. The number of carbonyl (C=O) groups excluding carboxylic acids is 2. The minimum atomic E-state index is -1.05. The molecule has 0 fully saturated rings. The van der Waals surface area contributed by atoms with Gasteiger partial charge in [0.15, 0.2) is 6.10 Å². The SMILES string of the molecule is COc1ccccc1CNC(=O)[C@H](C)OC(=O)Cn1ccc(=O)[nH]c1=O. The zero-order valence-electron chi connectivity index (χ0n) is 14.4. The molecule has 0 unspecified atom stereocenters. The van der Waals surface area contributed by atoms with E-state index in [4.69, 9.17) is 9.47 Å². The summed E-state index contributed by atoms with van der Waals surface area (Å²) in [6.07, 6.45) is 0.130. The van der Waals surface area contributed by atoms with Crippen molar-refractivity contribution >= 4 is 11.9 Å². The maximum Gasteiger partial charge on any atom is 0.328 e. The average molecular weight is 361 g/mol. The lowest BCUT2D eigenvalue weighted by atomic mass is 10.2. The Morgan fingerprint density at radius 2 is 1.96 bits per heavy atom. The molecule has 1 heterocycles. The maximum atomic E-state index is 12.1. The maximum absolute atomic E-state index is 12.1. The fourth-order valence-electron chi connectivity index (χ4n) is 2.17. The molecule has 0 aliphatic rings. The lowest BCUT2D eigenvalue weighted by Gasteiger charge is -2.15. The molecule has 2 rings (SSSR count). The lowest BCUT2D eigenvalue weighted by molar-refractivity contribution is -0.155. The van der Waals surface area contributed by atoms with E-state index in [1.165, 1.54) is 20.2 Å². The molecule has 9 heteroatoms. The van der Waals surface area contributed by atoms with Crippen molar-refractivity contribution in [3.8, 4) is 5.75 Å². The number of hydrogen-bond acceptors (Lipinski definition) is 6. The summed E-state index contributed by atoms with van der Waals surface area (Å²) in [6, 6.07) is 8.31. The molecule has 1 aromatic carbocycles. The molecule has 0 radical (unpaired) electrons. The first-order valence-electron chi connectivity index (χ1n) is 7.79. The van der Waals surface area contributed by atoms with Crippen molar-refractivity contribution in [1.82, 2.24) is 14.9 Å². The van der Waals surface area contributed by atoms with Crippen LogP contribution in [0.4, 0.5) is 0 Å². The van der Waals surface area contributed by atoms with Crippen molar-refractivity contribution in [3.63, 3.8) is 0 Å². The van der Waals surface area contributed by atoms with Crippen molar-refractivity contribution in [2.24, 2.45) is 0 Å². The van der Waals surface area contributed by atoms with E-state index in [0.717, 1.165) is 16.2 Å². The van der Waals surface area contributed by atoms with Crippen LogP contribution in [-0.4, -0.2) is 34.6 Å². The monoisotopic (exact) mass is 361 g/mol. The zero-order valence-corrected chi connectivity index (χ0v) is 14.4. The van der Waals surface area contributed by atoms with Gasteiger partial charge in [-0.25, -0.2) is 4.79 Å². The molecule has 0 aliphatic heterocycles. The van der Waals surface area contributed by atoms with Crippen molar-refractivity contribution < 1.29 is 19.1 Å². The molecule has 0 saturated carbocycles. The first-order chi connectivity index (χ1) is 12.4. The van der Waals surface area contributed by atoms with E-state index in [0.29, 0.717) is 5.75 Å². The van der Waals surface area contributed by atoms with Crippen LogP contribution in [-0.2, 0) is 27.4 Å². The van der Waals surface area contributed by atoms with Gasteiger partial charge in [-0.15, -0.1) is 0 Å². The van der Waals surface area contributed by atoms with E-state index in [-0.39, 0.29) is 6.54 Å². The van der Waals surface area contributed by atoms with E-state index >= 15 is 0 Å². The predicted octanol–water partition coefficient (Wildman–Crippen LogP) is -0.207. The smallest absolute Gasteiger partial charge is 0.328 e. The highest BCUT2D eigenvalue weighted by atomic mass is 16.5. The third-order valence-electron chi connectivity index (χ3n) is 3.52. The van der Waals surface area contributed by atoms with Crippen molar-refractivity contribution in [3.05, 3.63) is 62.9 Å². The Hall–Kier alpha value is -3.36. The first-order valence-corrected chi connectivity index (χ1v) is 7.79. The summed E-state index contributed by atoms with van der Waals surface area (Å²) in [5.41, 5.74) is -0.520. The lowest BCUT2D eigenvalue weighted by Crippen LogP contribution is -2.37. The number of esters is 1. The van der Waals surface area contributed by atoms with Crippen molar-refractivity contribution in [2.75, 3.05) is 7.11 Å². The molecule has 9 nitrogen and oxygen atoms in total. The van der Waals surface area contributed by atoms with E-state index in [2.05, 4.69) is 5.32 Å². The van der Waals surface area contributed by atoms with Crippen LogP contribution in [0.25, 0.3) is 0 Å². The van der Waals surface area contributed by atoms with Crippen LogP contribution >= 0.6 is 0 Å². The van der Waals surface area contributed by atoms with Crippen LogP contribution in [0.15, 0.2) is 46.1 Å². The van der Waals surface area contributed by atoms with Crippen LogP contribution in [0.3, 0.4) is 0 Å². The number of rotatable bonds is 7. The van der Waals surface area contributed by atoms with Gasteiger partial charge in [0.05, 0.1) is 7.11 Å². The average Bonchev–Trinajstić information content (AvgIpc) is 2.62. The van der Waals surface area contributed by atoms with E-state index in [1.54, 1.807) is 12.1 Å². The normalized spacial score (nSPS) is 11.5. The highest BCUT2D eigenvalue weighted by molar-refractivity contribution is 5.83. The molecule has 2 N–H and O–H groups in total. The molecule has 0 bridgehead atoms. The number of aromatic amines is 1. The van der Waals surface area contributed by atoms with Gasteiger partial charge in [0.2, 0.25) is 0 Å². The number of para-hydroxylation sites is 1. The zero-order chi connectivity index (χ0) is 19.1. The van der Waals surface area contributed by atoms with Gasteiger partial charge in [-0.1, -0.05) is 18.2 Å². The quantitative estimate of drug-likeness (QED) is 0.659. The number of benzene rings is 1. The topological polar surface area (TPSA) is 119 Å². The van der Waals surface area contributed by atoms with Gasteiger partial charge in [-0.2, -0.15) is 0 Å². The molecule has 2 aromatic rings. The molecule has 138 valence electrons. The molecule has 26 heavy (non-hydrogen) atoms. The number of hydrogen-bond donors (Lipinski definition) is 2. The Morgan fingerprint density at radius 3 is 2.65 bits per heavy atom. The number of nitrogens with zero attached hydrogens (tertiary/aromatic N) is 1. The number of amides is 1. The minimum Gasteiger partial charge on any atom is -0.496 e. The third-order valence-corrected chi connectivity index (χ3v) is 3.52. The highest BCUT2D eigenvalue weighted by Gasteiger charge is 2.18. The summed E-state index contributed by atoms with van der Waals surface area (Å²) < 4.78 is 11.2. The van der Waals surface area contributed by atoms with Gasteiger partial charge in [-0.3, -0.25) is 23.9 Å². The second-order valence-corrected chi connectivity index (χ2v) is 5.40. The summed E-state index contributed by atoms with van der Waals surface area (Å²) in [5, 5.41) is 2.65. The molecular weight excluding hydrogens is 342 g/mol. The molecule has 1 amide bonds. The molecular formula is C17H19N3O6. The number of aromatic nitrogens is 2. The number of nitrogens with one attached hydrogen (secondary N) is 2. The van der Waals surface area contributed by atoms with Crippen LogP contribution in [0.5, 0.6) is 5.75 Å². The second-order valence-electron chi connectivity index (χ2n) is 5.40. The van der Waals surface area contributed by atoms with E-state index < -0.39 is 35.8 Å². The Kier molecular flexibility index (Phi) is 6.31. The fraction of sp³-hybridized carbons (Fsp3) is 0.294. The summed E-state index contributed by atoms with van der Waals surface area (Å²) in [5.74, 6) is -0.632. The summed E-state index contributed by atoms with van der Waals surface area (Å²) in [7, 11) is 1.53. The van der Waals surface area contributed by atoms with E-state index in [9.17, 15) is 19.2 Å². The Balaban J connectivity index is 1.89. The summed E-state index contributed by atoms with van der Waals surface area (Å²) in [6.45, 7) is 1.22. The molecule has 0 saturated heterocycles. The predicted molar refractivity (Wildman–Crippen MR) is 91.7 cm³/mol. The number of ether oxygens (including phenoxy) is 2. The van der Waals surface area contributed by atoms with Gasteiger partial charge in [0.25, 0.3) is 11.5 Å². The van der Waals surface area contributed by atoms with Gasteiger partial charge < -0.3 is 14.8 Å². The van der Waals surface area contributed by atoms with Crippen molar-refractivity contribution in [2.45, 2.75) is 26.1 Å². The van der Waals surface area contributed by atoms with Gasteiger partial charge in [-0.05, 0) is 13.0 Å². The van der Waals surface area contributed by atoms with Crippen LogP contribution in [0.2, 0.25) is 0 Å². The van der Waals surface area contributed by atoms with Crippen molar-refractivity contribution in [1.29, 1.82) is 0 Å². The first kappa shape index (κ1) is 19.0. The van der Waals surface area contributed by atoms with Gasteiger partial charge in [0, 0.05) is 24.4 Å². The van der Waals surface area contributed by atoms with Crippen LogP contribution in [0, 0.1) is 0 Å². The standard InChI is InChI=1S/C17H19N3O6/c1-11(16(23)18-9-12-5-3-4-6-13(12)25-2)26-15(22)10-20-8-7-14(21)19-17(20)24/h3-8,11H,9-10H2,1-2H3,(H,18,23)(H,19,21,24)/t11-/m0/s1. The summed E-state index contributed by atoms with van der Waals surface area (Å²) >= 11 is 0. The third kappa shape index (κ3) is 5.07. The molecule has 1 aromatic heterocycles. The Labute approximate surface area is 148 Å². The fourth-order valence-corrected chi connectivity index (χ4v) is 2.17. The van der Waals surface area contributed by atoms with Crippen LogP contribution < -0.4 is 21.3 Å². The largest absolute Gasteiger partial charge is 0.496 e.